The second-order valence-corrected chi connectivity index (χ2v) is 5.87. The van der Waals surface area contributed by atoms with Gasteiger partial charge in [-0.3, -0.25) is 9.59 Å². The summed E-state index contributed by atoms with van der Waals surface area (Å²) in [7, 11) is 0. The normalized spacial score (nSPS) is 22.4. The lowest BCUT2D eigenvalue weighted by Crippen LogP contribution is -2.46. The second kappa shape index (κ2) is 5.49. The minimum atomic E-state index is -1.12. The topological polar surface area (TPSA) is 75.6 Å². The number of hydrogen-bond acceptors (Lipinski definition) is 3. The van der Waals surface area contributed by atoms with Crippen molar-refractivity contribution in [3.8, 4) is 0 Å². The van der Waals surface area contributed by atoms with Gasteiger partial charge in [-0.05, 0) is 44.4 Å². The van der Waals surface area contributed by atoms with Crippen LogP contribution in [0.5, 0.6) is 0 Å². The summed E-state index contributed by atoms with van der Waals surface area (Å²) >= 11 is 0. The number of hydrogen-bond donors (Lipinski definition) is 2. The zero-order chi connectivity index (χ0) is 13.9. The zero-order valence-corrected chi connectivity index (χ0v) is 11.5. The van der Waals surface area contributed by atoms with E-state index in [9.17, 15) is 9.59 Å². The van der Waals surface area contributed by atoms with Crippen molar-refractivity contribution < 1.29 is 19.4 Å². The molecule has 1 amide bonds. The highest BCUT2D eigenvalue weighted by Crippen LogP contribution is 2.47. The van der Waals surface area contributed by atoms with Gasteiger partial charge in [-0.1, -0.05) is 6.42 Å². The van der Waals surface area contributed by atoms with Crippen LogP contribution in [0.4, 0.5) is 0 Å². The molecule has 0 bridgehead atoms. The Morgan fingerprint density at radius 3 is 2.37 bits per heavy atom. The number of carbonyl (C=O) groups excluding carboxylic acids is 1. The monoisotopic (exact) mass is 269 g/mol. The maximum atomic E-state index is 12.0. The standard InChI is InChI=1S/C14H23NO4/c1-2-19-9-8-13(4-3-5-13)10-15-11(16)14(6-7-14)12(17)18/h2-10H2,1H3,(H,15,16)(H,17,18). The van der Waals surface area contributed by atoms with Crippen LogP contribution in [0.1, 0.15) is 45.4 Å². The van der Waals surface area contributed by atoms with Gasteiger partial charge in [0, 0.05) is 19.8 Å². The average molecular weight is 269 g/mol. The predicted molar refractivity (Wildman–Crippen MR) is 69.7 cm³/mol. The highest BCUT2D eigenvalue weighted by atomic mass is 16.5. The van der Waals surface area contributed by atoms with Gasteiger partial charge in [0.15, 0.2) is 0 Å². The fourth-order valence-corrected chi connectivity index (χ4v) is 2.72. The van der Waals surface area contributed by atoms with Crippen LogP contribution in [0.2, 0.25) is 0 Å². The minimum Gasteiger partial charge on any atom is -0.480 e. The van der Waals surface area contributed by atoms with Crippen LogP contribution < -0.4 is 5.32 Å². The van der Waals surface area contributed by atoms with Crippen LogP contribution in [0.3, 0.4) is 0 Å². The second-order valence-electron chi connectivity index (χ2n) is 5.87. The number of ether oxygens (including phenoxy) is 1. The Morgan fingerprint density at radius 1 is 1.26 bits per heavy atom. The molecular weight excluding hydrogens is 246 g/mol. The van der Waals surface area contributed by atoms with Gasteiger partial charge in [0.25, 0.3) is 0 Å². The summed E-state index contributed by atoms with van der Waals surface area (Å²) in [6.45, 7) is 3.99. The largest absolute Gasteiger partial charge is 0.480 e. The van der Waals surface area contributed by atoms with E-state index in [1.165, 1.54) is 6.42 Å². The summed E-state index contributed by atoms with van der Waals surface area (Å²) in [6.07, 6.45) is 5.27. The van der Waals surface area contributed by atoms with E-state index in [1.807, 2.05) is 6.92 Å². The number of rotatable bonds is 8. The van der Waals surface area contributed by atoms with Crippen LogP contribution >= 0.6 is 0 Å². The maximum absolute atomic E-state index is 12.0. The van der Waals surface area contributed by atoms with Gasteiger partial charge in [0.2, 0.25) is 5.91 Å². The Labute approximate surface area is 113 Å². The van der Waals surface area contributed by atoms with Gasteiger partial charge >= 0.3 is 5.97 Å². The van der Waals surface area contributed by atoms with Crippen LogP contribution in [0.25, 0.3) is 0 Å². The summed E-state index contributed by atoms with van der Waals surface area (Å²) in [4.78, 5) is 23.0. The van der Waals surface area contributed by atoms with E-state index in [4.69, 9.17) is 9.84 Å². The lowest BCUT2D eigenvalue weighted by atomic mass is 9.66. The van der Waals surface area contributed by atoms with Crippen molar-refractivity contribution in [2.75, 3.05) is 19.8 Å². The lowest BCUT2D eigenvalue weighted by Gasteiger charge is -2.42. The zero-order valence-electron chi connectivity index (χ0n) is 11.5. The number of amides is 1. The molecule has 0 heterocycles. The van der Waals surface area contributed by atoms with Crippen molar-refractivity contribution in [3.05, 3.63) is 0 Å². The molecule has 2 N–H and O–H groups in total. The van der Waals surface area contributed by atoms with Crippen LogP contribution in [-0.4, -0.2) is 36.7 Å². The highest BCUT2D eigenvalue weighted by Gasteiger charge is 2.57. The highest BCUT2D eigenvalue weighted by molar-refractivity contribution is 6.04. The molecule has 0 saturated heterocycles. The molecule has 2 aliphatic rings. The summed E-state index contributed by atoms with van der Waals surface area (Å²) in [5, 5.41) is 11.9. The molecule has 2 rings (SSSR count). The first-order valence-corrected chi connectivity index (χ1v) is 7.14. The van der Waals surface area contributed by atoms with Crippen molar-refractivity contribution in [2.24, 2.45) is 10.8 Å². The van der Waals surface area contributed by atoms with Crippen LogP contribution in [0, 0.1) is 10.8 Å². The van der Waals surface area contributed by atoms with Gasteiger partial charge in [-0.15, -0.1) is 0 Å². The smallest absolute Gasteiger partial charge is 0.319 e. The van der Waals surface area contributed by atoms with Gasteiger partial charge < -0.3 is 15.2 Å². The summed E-state index contributed by atoms with van der Waals surface area (Å²) in [6, 6.07) is 0. The van der Waals surface area contributed by atoms with Crippen LogP contribution in [-0.2, 0) is 14.3 Å². The first-order valence-electron chi connectivity index (χ1n) is 7.14. The minimum absolute atomic E-state index is 0.138. The molecular formula is C14H23NO4. The molecule has 108 valence electrons. The quantitative estimate of drug-likeness (QED) is 0.518. The molecule has 2 saturated carbocycles. The fraction of sp³-hybridized carbons (Fsp3) is 0.857. The van der Waals surface area contributed by atoms with Gasteiger partial charge in [0.1, 0.15) is 5.41 Å². The molecule has 5 heteroatoms. The number of carbonyl (C=O) groups is 2. The summed E-state index contributed by atoms with van der Waals surface area (Å²) in [5.74, 6) is -1.29. The Kier molecular flexibility index (Phi) is 4.13. The Bertz CT molecular complexity index is 358. The van der Waals surface area contributed by atoms with Crippen LogP contribution in [0.15, 0.2) is 0 Å². The molecule has 0 unspecified atom stereocenters. The SMILES string of the molecule is CCOCCC1(CNC(=O)C2(C(=O)O)CC2)CCC1. The molecule has 19 heavy (non-hydrogen) atoms. The van der Waals surface area contributed by atoms with Crippen molar-refractivity contribution in [1.29, 1.82) is 0 Å². The first-order chi connectivity index (χ1) is 9.05. The Balaban J connectivity index is 1.80. The third-order valence-electron chi connectivity index (χ3n) is 4.61. The van der Waals surface area contributed by atoms with E-state index in [1.54, 1.807) is 0 Å². The molecule has 0 aromatic rings. The van der Waals surface area contributed by atoms with E-state index < -0.39 is 11.4 Å². The van der Waals surface area contributed by atoms with E-state index in [2.05, 4.69) is 5.32 Å². The molecule has 0 aliphatic heterocycles. The van der Waals surface area contributed by atoms with Crippen molar-refractivity contribution in [3.63, 3.8) is 0 Å². The molecule has 5 nitrogen and oxygen atoms in total. The number of aliphatic carboxylic acids is 1. The predicted octanol–water partition coefficient (Wildman–Crippen LogP) is 1.56. The molecule has 2 fully saturated rings. The molecule has 0 spiro atoms. The van der Waals surface area contributed by atoms with Gasteiger partial charge in [0.05, 0.1) is 0 Å². The fourth-order valence-electron chi connectivity index (χ4n) is 2.72. The average Bonchev–Trinajstić information content (AvgIpc) is 3.12. The lowest BCUT2D eigenvalue weighted by molar-refractivity contribution is -0.149. The number of carboxylic acids is 1. The number of nitrogens with one attached hydrogen (secondary N) is 1. The van der Waals surface area contributed by atoms with E-state index >= 15 is 0 Å². The van der Waals surface area contributed by atoms with Crippen molar-refractivity contribution in [2.45, 2.75) is 45.4 Å². The molecule has 2 aliphatic carbocycles. The third-order valence-corrected chi connectivity index (χ3v) is 4.61. The number of carboxylic acid groups (broad SMARTS) is 1. The van der Waals surface area contributed by atoms with Crippen molar-refractivity contribution in [1.82, 2.24) is 5.32 Å². The van der Waals surface area contributed by atoms with Gasteiger partial charge in [-0.2, -0.15) is 0 Å². The molecule has 0 atom stereocenters. The maximum Gasteiger partial charge on any atom is 0.319 e. The third kappa shape index (κ3) is 2.91. The molecule has 0 aromatic heterocycles. The Hall–Kier alpha value is -1.10. The Morgan fingerprint density at radius 2 is 1.95 bits per heavy atom. The summed E-state index contributed by atoms with van der Waals surface area (Å²) < 4.78 is 5.38. The van der Waals surface area contributed by atoms with Crippen molar-refractivity contribution >= 4 is 11.9 Å². The molecule has 0 aromatic carbocycles. The first kappa shape index (κ1) is 14.3. The van der Waals surface area contributed by atoms with E-state index in [0.29, 0.717) is 26.0 Å². The van der Waals surface area contributed by atoms with E-state index in [-0.39, 0.29) is 11.3 Å². The van der Waals surface area contributed by atoms with Gasteiger partial charge in [-0.25, -0.2) is 0 Å². The van der Waals surface area contributed by atoms with E-state index in [0.717, 1.165) is 25.9 Å². The summed E-state index contributed by atoms with van der Waals surface area (Å²) in [5.41, 5.74) is -0.982. The molecule has 0 radical (unpaired) electrons.